The van der Waals surface area contributed by atoms with Crippen LogP contribution in [0.3, 0.4) is 0 Å². The topological polar surface area (TPSA) is 38.0 Å². The predicted molar refractivity (Wildman–Crippen MR) is 70.6 cm³/mol. The zero-order valence-electron chi connectivity index (χ0n) is 8.68. The molecule has 0 aliphatic heterocycles. The molecule has 0 saturated heterocycles. The van der Waals surface area contributed by atoms with Crippen LogP contribution in [0.5, 0.6) is 0 Å². The normalized spacial score (nSPS) is 10.3. The first kappa shape index (κ1) is 12.0. The lowest BCUT2D eigenvalue weighted by Crippen LogP contribution is -1.94. The molecule has 3 N–H and O–H groups in total. The first-order valence-corrected chi connectivity index (χ1v) is 5.59. The number of benzene rings is 2. The van der Waals surface area contributed by atoms with Gasteiger partial charge in [0.1, 0.15) is 5.82 Å². The van der Waals surface area contributed by atoms with Crippen LogP contribution in [0.15, 0.2) is 36.4 Å². The first-order chi connectivity index (χ1) is 8.06. The van der Waals surface area contributed by atoms with Crippen LogP contribution < -0.4 is 11.1 Å². The number of rotatable bonds is 2. The van der Waals surface area contributed by atoms with Gasteiger partial charge in [0.2, 0.25) is 0 Å². The molecule has 2 rings (SSSR count). The molecule has 0 saturated carbocycles. The van der Waals surface area contributed by atoms with Crippen LogP contribution in [0.25, 0.3) is 0 Å². The van der Waals surface area contributed by atoms with Gasteiger partial charge < -0.3 is 11.1 Å². The van der Waals surface area contributed by atoms with Crippen LogP contribution >= 0.6 is 23.2 Å². The van der Waals surface area contributed by atoms with Crippen molar-refractivity contribution in [3.63, 3.8) is 0 Å². The zero-order chi connectivity index (χ0) is 12.4. The number of hydrogen-bond donors (Lipinski definition) is 2. The average molecular weight is 271 g/mol. The minimum Gasteiger partial charge on any atom is -0.399 e. The van der Waals surface area contributed by atoms with E-state index in [1.807, 2.05) is 0 Å². The second-order valence-electron chi connectivity index (χ2n) is 3.49. The van der Waals surface area contributed by atoms with Crippen LogP contribution in [0, 0.1) is 5.82 Å². The van der Waals surface area contributed by atoms with E-state index in [2.05, 4.69) is 5.32 Å². The van der Waals surface area contributed by atoms with Crippen molar-refractivity contribution in [3.8, 4) is 0 Å². The molecule has 0 fully saturated rings. The Kier molecular flexibility index (Phi) is 3.41. The maximum absolute atomic E-state index is 12.9. The molecule has 0 spiro atoms. The second-order valence-corrected chi connectivity index (χ2v) is 4.30. The standard InChI is InChI=1S/C12H9Cl2FN2/c13-9-5-7(15)1-3-11(9)17-12-4-2-8(16)6-10(12)14/h1-6,17H,16H2. The lowest BCUT2D eigenvalue weighted by atomic mass is 10.2. The van der Waals surface area contributed by atoms with Crippen LogP contribution in [0.2, 0.25) is 10.0 Å². The van der Waals surface area contributed by atoms with E-state index in [1.165, 1.54) is 12.1 Å². The van der Waals surface area contributed by atoms with Gasteiger partial charge in [-0.05, 0) is 36.4 Å². The van der Waals surface area contributed by atoms with Crippen molar-refractivity contribution >= 4 is 40.3 Å². The lowest BCUT2D eigenvalue weighted by Gasteiger charge is -2.10. The molecular weight excluding hydrogens is 262 g/mol. The van der Waals surface area contributed by atoms with Crippen molar-refractivity contribution in [2.75, 3.05) is 11.1 Å². The van der Waals surface area contributed by atoms with Gasteiger partial charge in [-0.25, -0.2) is 4.39 Å². The average Bonchev–Trinajstić information content (AvgIpc) is 2.25. The fourth-order valence-corrected chi connectivity index (χ4v) is 1.82. The largest absolute Gasteiger partial charge is 0.399 e. The molecule has 17 heavy (non-hydrogen) atoms. The Hall–Kier alpha value is -1.45. The Morgan fingerprint density at radius 1 is 0.941 bits per heavy atom. The lowest BCUT2D eigenvalue weighted by molar-refractivity contribution is 0.628. The predicted octanol–water partition coefficient (Wildman–Crippen LogP) is 4.46. The Morgan fingerprint density at radius 3 is 2.12 bits per heavy atom. The maximum atomic E-state index is 12.9. The third-order valence-corrected chi connectivity index (χ3v) is 2.82. The summed E-state index contributed by atoms with van der Waals surface area (Å²) in [7, 11) is 0. The third-order valence-electron chi connectivity index (χ3n) is 2.19. The summed E-state index contributed by atoms with van der Waals surface area (Å²) in [5, 5.41) is 3.78. The summed E-state index contributed by atoms with van der Waals surface area (Å²) < 4.78 is 12.9. The molecule has 0 aliphatic rings. The van der Waals surface area contributed by atoms with E-state index in [-0.39, 0.29) is 10.8 Å². The van der Waals surface area contributed by atoms with E-state index < -0.39 is 0 Å². The number of nitrogens with two attached hydrogens (primary N) is 1. The highest BCUT2D eigenvalue weighted by Gasteiger charge is 2.05. The van der Waals surface area contributed by atoms with Crippen molar-refractivity contribution < 1.29 is 4.39 Å². The number of nitrogens with one attached hydrogen (secondary N) is 1. The molecule has 2 aromatic rings. The third kappa shape index (κ3) is 2.81. The second kappa shape index (κ2) is 4.82. The van der Waals surface area contributed by atoms with Gasteiger partial charge in [0.25, 0.3) is 0 Å². The van der Waals surface area contributed by atoms with Gasteiger partial charge >= 0.3 is 0 Å². The molecule has 0 radical (unpaired) electrons. The summed E-state index contributed by atoms with van der Waals surface area (Å²) >= 11 is 11.9. The van der Waals surface area contributed by atoms with Gasteiger partial charge in [0, 0.05) is 5.69 Å². The number of anilines is 3. The van der Waals surface area contributed by atoms with Crippen molar-refractivity contribution in [1.82, 2.24) is 0 Å². The van der Waals surface area contributed by atoms with Gasteiger partial charge in [-0.3, -0.25) is 0 Å². The molecule has 2 aromatic carbocycles. The molecule has 0 heterocycles. The molecule has 0 bridgehead atoms. The van der Waals surface area contributed by atoms with Crippen molar-refractivity contribution in [2.45, 2.75) is 0 Å². The monoisotopic (exact) mass is 270 g/mol. The summed E-state index contributed by atoms with van der Waals surface area (Å²) in [5.41, 5.74) is 7.40. The summed E-state index contributed by atoms with van der Waals surface area (Å²) in [6.45, 7) is 0. The van der Waals surface area contributed by atoms with Gasteiger partial charge in [-0.1, -0.05) is 23.2 Å². The molecule has 0 aromatic heterocycles. The van der Waals surface area contributed by atoms with E-state index in [9.17, 15) is 4.39 Å². The molecule has 5 heteroatoms. The van der Waals surface area contributed by atoms with Crippen LogP contribution in [-0.4, -0.2) is 0 Å². The highest BCUT2D eigenvalue weighted by atomic mass is 35.5. The minimum absolute atomic E-state index is 0.290. The molecule has 0 aliphatic carbocycles. The van der Waals surface area contributed by atoms with E-state index in [0.717, 1.165) is 0 Å². The van der Waals surface area contributed by atoms with E-state index in [0.29, 0.717) is 22.1 Å². The number of hydrogen-bond acceptors (Lipinski definition) is 2. The fraction of sp³-hybridized carbons (Fsp3) is 0. The summed E-state index contributed by atoms with van der Waals surface area (Å²) in [5.74, 6) is -0.385. The Labute approximate surface area is 108 Å². The van der Waals surface area contributed by atoms with Crippen LogP contribution in [-0.2, 0) is 0 Å². The highest BCUT2D eigenvalue weighted by Crippen LogP contribution is 2.31. The van der Waals surface area contributed by atoms with Crippen LogP contribution in [0.1, 0.15) is 0 Å². The molecule has 0 atom stereocenters. The summed E-state index contributed by atoms with van der Waals surface area (Å²) in [4.78, 5) is 0. The molecule has 0 unspecified atom stereocenters. The Balaban J connectivity index is 2.31. The van der Waals surface area contributed by atoms with Gasteiger partial charge in [0.05, 0.1) is 21.4 Å². The van der Waals surface area contributed by atoms with E-state index >= 15 is 0 Å². The molecule has 2 nitrogen and oxygen atoms in total. The maximum Gasteiger partial charge on any atom is 0.124 e. The quantitative estimate of drug-likeness (QED) is 0.791. The molecule has 88 valence electrons. The number of nitrogen functional groups attached to an aromatic ring is 1. The van der Waals surface area contributed by atoms with E-state index in [4.69, 9.17) is 28.9 Å². The van der Waals surface area contributed by atoms with Crippen molar-refractivity contribution in [2.24, 2.45) is 0 Å². The molecular formula is C12H9Cl2FN2. The smallest absolute Gasteiger partial charge is 0.124 e. The van der Waals surface area contributed by atoms with Crippen LogP contribution in [0.4, 0.5) is 21.5 Å². The van der Waals surface area contributed by atoms with Gasteiger partial charge in [-0.2, -0.15) is 0 Å². The van der Waals surface area contributed by atoms with Gasteiger partial charge in [0.15, 0.2) is 0 Å². The Morgan fingerprint density at radius 2 is 1.53 bits per heavy atom. The summed E-state index contributed by atoms with van der Waals surface area (Å²) in [6.07, 6.45) is 0. The fourth-order valence-electron chi connectivity index (χ4n) is 1.37. The Bertz CT molecular complexity index is 509. The number of halogens is 3. The SMILES string of the molecule is Nc1ccc(Nc2ccc(F)cc2Cl)c(Cl)c1. The highest BCUT2D eigenvalue weighted by molar-refractivity contribution is 6.35. The van der Waals surface area contributed by atoms with Gasteiger partial charge in [-0.15, -0.1) is 0 Å². The van der Waals surface area contributed by atoms with Crippen molar-refractivity contribution in [3.05, 3.63) is 52.3 Å². The van der Waals surface area contributed by atoms with E-state index in [1.54, 1.807) is 24.3 Å². The summed E-state index contributed by atoms with van der Waals surface area (Å²) in [6, 6.07) is 9.17. The van der Waals surface area contributed by atoms with Crippen molar-refractivity contribution in [1.29, 1.82) is 0 Å². The molecule has 0 amide bonds. The minimum atomic E-state index is -0.385. The zero-order valence-corrected chi connectivity index (χ0v) is 10.2. The first-order valence-electron chi connectivity index (χ1n) is 4.83.